The van der Waals surface area contributed by atoms with Crippen LogP contribution in [0, 0.1) is 6.92 Å². The zero-order valence-corrected chi connectivity index (χ0v) is 20.2. The molecule has 2 rings (SSSR count). The molecule has 2 aromatic rings. The van der Waals surface area contributed by atoms with Crippen LogP contribution in [0.25, 0.3) is 0 Å². The van der Waals surface area contributed by atoms with Gasteiger partial charge in [-0.25, -0.2) is 0 Å². The average molecular weight is 443 g/mol. The van der Waals surface area contributed by atoms with E-state index in [9.17, 15) is 9.59 Å². The summed E-state index contributed by atoms with van der Waals surface area (Å²) in [5.74, 6) is 1.57. The van der Waals surface area contributed by atoms with Crippen molar-refractivity contribution in [2.45, 2.75) is 58.5 Å². The van der Waals surface area contributed by atoms with E-state index >= 15 is 0 Å². The van der Waals surface area contributed by atoms with E-state index in [2.05, 4.69) is 30.4 Å². The van der Waals surface area contributed by atoms with E-state index in [1.54, 1.807) is 30.7 Å². The molecule has 5 nitrogen and oxygen atoms in total. The lowest BCUT2D eigenvalue weighted by Crippen LogP contribution is -2.52. The van der Waals surface area contributed by atoms with Gasteiger partial charge in [0.2, 0.25) is 11.8 Å². The van der Waals surface area contributed by atoms with Gasteiger partial charge in [-0.05, 0) is 57.9 Å². The van der Waals surface area contributed by atoms with Gasteiger partial charge >= 0.3 is 0 Å². The van der Waals surface area contributed by atoms with Gasteiger partial charge in [0.25, 0.3) is 0 Å². The Morgan fingerprint density at radius 2 is 1.77 bits per heavy atom. The number of amides is 2. The van der Waals surface area contributed by atoms with Crippen molar-refractivity contribution in [3.8, 4) is 5.75 Å². The quantitative estimate of drug-likeness (QED) is 0.618. The van der Waals surface area contributed by atoms with E-state index in [4.69, 9.17) is 4.74 Å². The first-order valence-corrected chi connectivity index (χ1v) is 11.6. The molecule has 1 atom stereocenters. The van der Waals surface area contributed by atoms with Crippen LogP contribution in [0.4, 0.5) is 0 Å². The number of ether oxygens (including phenoxy) is 1. The number of rotatable bonds is 9. The van der Waals surface area contributed by atoms with Gasteiger partial charge in [-0.3, -0.25) is 9.59 Å². The number of nitrogens with one attached hydrogen (secondary N) is 1. The molecule has 0 aliphatic heterocycles. The normalized spacial score (nSPS) is 12.2. The van der Waals surface area contributed by atoms with Crippen molar-refractivity contribution < 1.29 is 14.3 Å². The Morgan fingerprint density at radius 3 is 2.42 bits per heavy atom. The summed E-state index contributed by atoms with van der Waals surface area (Å²) >= 11 is 1.56. The van der Waals surface area contributed by atoms with Crippen molar-refractivity contribution in [2.75, 3.05) is 12.9 Å². The number of carbonyl (C=O) groups is 2. The van der Waals surface area contributed by atoms with Gasteiger partial charge in [0.1, 0.15) is 11.8 Å². The lowest BCUT2D eigenvalue weighted by atomic mass is 10.1. The van der Waals surface area contributed by atoms with E-state index < -0.39 is 6.04 Å². The molecule has 0 aliphatic carbocycles. The fourth-order valence-electron chi connectivity index (χ4n) is 3.17. The Morgan fingerprint density at radius 1 is 1.10 bits per heavy atom. The molecular weight excluding hydrogens is 408 g/mol. The Kier molecular flexibility index (Phi) is 8.99. The standard InChI is InChI=1S/C25H34N2O3S/c1-18-9-7-11-21(13-18)16-31-17-23(28)27(19(2)24(29)26-25(3,4)5)15-20-10-8-12-22(14-20)30-6/h7-14,19H,15-17H2,1-6H3,(H,26,29). The van der Waals surface area contributed by atoms with E-state index in [0.717, 1.165) is 17.1 Å². The summed E-state index contributed by atoms with van der Waals surface area (Å²) < 4.78 is 5.31. The molecule has 31 heavy (non-hydrogen) atoms. The van der Waals surface area contributed by atoms with Crippen molar-refractivity contribution in [2.24, 2.45) is 0 Å². The summed E-state index contributed by atoms with van der Waals surface area (Å²) in [5, 5.41) is 2.99. The van der Waals surface area contributed by atoms with Gasteiger partial charge in [0.15, 0.2) is 0 Å². The number of carbonyl (C=O) groups excluding carboxylic acids is 2. The first-order valence-electron chi connectivity index (χ1n) is 10.5. The van der Waals surface area contributed by atoms with Crippen LogP contribution >= 0.6 is 11.8 Å². The zero-order chi connectivity index (χ0) is 23.0. The lowest BCUT2D eigenvalue weighted by molar-refractivity contribution is -0.139. The molecule has 0 aliphatic rings. The van der Waals surface area contributed by atoms with Gasteiger partial charge < -0.3 is 15.0 Å². The summed E-state index contributed by atoms with van der Waals surface area (Å²) in [4.78, 5) is 27.6. The third-order valence-electron chi connectivity index (χ3n) is 4.73. The van der Waals surface area contributed by atoms with Crippen LogP contribution in [0.3, 0.4) is 0 Å². The molecule has 0 saturated heterocycles. The number of hydrogen-bond acceptors (Lipinski definition) is 4. The molecule has 2 amide bonds. The second kappa shape index (κ2) is 11.2. The monoisotopic (exact) mass is 442 g/mol. The number of hydrogen-bond donors (Lipinski definition) is 1. The molecule has 0 heterocycles. The minimum absolute atomic E-state index is 0.0583. The number of thioether (sulfide) groups is 1. The first kappa shape index (κ1) is 24.8. The van der Waals surface area contributed by atoms with Crippen LogP contribution < -0.4 is 10.1 Å². The number of aryl methyl sites for hydroxylation is 1. The summed E-state index contributed by atoms with van der Waals surface area (Å²) in [6.45, 7) is 9.99. The van der Waals surface area contributed by atoms with Gasteiger partial charge in [-0.2, -0.15) is 0 Å². The molecule has 0 aromatic heterocycles. The molecule has 0 fully saturated rings. The third-order valence-corrected chi connectivity index (χ3v) is 5.72. The fraction of sp³-hybridized carbons (Fsp3) is 0.440. The van der Waals surface area contributed by atoms with Crippen molar-refractivity contribution in [1.29, 1.82) is 0 Å². The first-order chi connectivity index (χ1) is 14.6. The molecule has 1 N–H and O–H groups in total. The van der Waals surface area contributed by atoms with E-state index in [-0.39, 0.29) is 17.4 Å². The van der Waals surface area contributed by atoms with Gasteiger partial charge in [0, 0.05) is 17.8 Å². The summed E-state index contributed by atoms with van der Waals surface area (Å²) in [5.41, 5.74) is 2.95. The second-order valence-electron chi connectivity index (χ2n) is 8.77. The molecule has 0 saturated carbocycles. The van der Waals surface area contributed by atoms with E-state index in [1.807, 2.05) is 51.1 Å². The van der Waals surface area contributed by atoms with Crippen LogP contribution in [0.2, 0.25) is 0 Å². The third kappa shape index (κ3) is 8.29. The Labute approximate surface area is 190 Å². The summed E-state index contributed by atoms with van der Waals surface area (Å²) in [7, 11) is 1.61. The molecule has 168 valence electrons. The van der Waals surface area contributed by atoms with Crippen LogP contribution in [-0.2, 0) is 21.9 Å². The highest BCUT2D eigenvalue weighted by Gasteiger charge is 2.28. The van der Waals surface area contributed by atoms with Crippen molar-refractivity contribution in [3.05, 3.63) is 65.2 Å². The van der Waals surface area contributed by atoms with Crippen LogP contribution in [0.5, 0.6) is 5.75 Å². The molecular formula is C25H34N2O3S. The summed E-state index contributed by atoms with van der Waals surface area (Å²) in [6, 6.07) is 15.3. The fourth-order valence-corrected chi connectivity index (χ4v) is 4.02. The average Bonchev–Trinajstić information content (AvgIpc) is 2.70. The largest absolute Gasteiger partial charge is 0.497 e. The molecule has 1 unspecified atom stereocenters. The Balaban J connectivity index is 2.12. The zero-order valence-electron chi connectivity index (χ0n) is 19.4. The van der Waals surface area contributed by atoms with Crippen LogP contribution in [0.1, 0.15) is 44.4 Å². The molecule has 2 aromatic carbocycles. The van der Waals surface area contributed by atoms with Gasteiger partial charge in [-0.15, -0.1) is 11.8 Å². The number of methoxy groups -OCH3 is 1. The van der Waals surface area contributed by atoms with Gasteiger partial charge in [-0.1, -0.05) is 42.0 Å². The van der Waals surface area contributed by atoms with Gasteiger partial charge in [0.05, 0.1) is 12.9 Å². The molecule has 6 heteroatoms. The minimum atomic E-state index is -0.586. The molecule has 0 radical (unpaired) electrons. The van der Waals surface area contributed by atoms with Crippen molar-refractivity contribution >= 4 is 23.6 Å². The highest BCUT2D eigenvalue weighted by atomic mass is 32.2. The highest BCUT2D eigenvalue weighted by molar-refractivity contribution is 7.99. The van der Waals surface area contributed by atoms with Crippen molar-refractivity contribution in [1.82, 2.24) is 10.2 Å². The maximum absolute atomic E-state index is 13.2. The second-order valence-corrected chi connectivity index (χ2v) is 9.76. The smallest absolute Gasteiger partial charge is 0.242 e. The topological polar surface area (TPSA) is 58.6 Å². The van der Waals surface area contributed by atoms with Crippen LogP contribution in [0.15, 0.2) is 48.5 Å². The predicted octanol–water partition coefficient (Wildman–Crippen LogP) is 4.57. The van der Waals surface area contributed by atoms with E-state index in [1.165, 1.54) is 11.1 Å². The highest BCUT2D eigenvalue weighted by Crippen LogP contribution is 2.19. The van der Waals surface area contributed by atoms with E-state index in [0.29, 0.717) is 12.3 Å². The number of nitrogens with zero attached hydrogens (tertiary/aromatic N) is 1. The Hall–Kier alpha value is -2.47. The van der Waals surface area contributed by atoms with Crippen LogP contribution in [-0.4, -0.2) is 41.2 Å². The summed E-state index contributed by atoms with van der Waals surface area (Å²) in [6.07, 6.45) is 0. The SMILES string of the molecule is COc1cccc(CN(C(=O)CSCc2cccc(C)c2)C(C)C(=O)NC(C)(C)C)c1. The maximum Gasteiger partial charge on any atom is 0.242 e. The minimum Gasteiger partial charge on any atom is -0.497 e. The predicted molar refractivity (Wildman–Crippen MR) is 128 cm³/mol. The Bertz CT molecular complexity index is 892. The maximum atomic E-state index is 13.2. The lowest BCUT2D eigenvalue weighted by Gasteiger charge is -2.31. The number of benzene rings is 2. The molecule has 0 spiro atoms. The molecule has 0 bridgehead atoms. The van der Waals surface area contributed by atoms with Crippen molar-refractivity contribution in [3.63, 3.8) is 0 Å².